The lowest BCUT2D eigenvalue weighted by atomic mass is 10.2. The average molecular weight is 283 g/mol. The van der Waals surface area contributed by atoms with Crippen LogP contribution in [-0.4, -0.2) is 27.2 Å². The van der Waals surface area contributed by atoms with Gasteiger partial charge < -0.3 is 4.74 Å². The lowest BCUT2D eigenvalue weighted by molar-refractivity contribution is -0.0522. The van der Waals surface area contributed by atoms with Crippen molar-refractivity contribution < 1.29 is 31.1 Å². The van der Waals surface area contributed by atoms with Crippen molar-refractivity contribution in [2.75, 3.05) is 6.26 Å². The minimum atomic E-state index is -3.88. The fourth-order valence-corrected chi connectivity index (χ4v) is 1.54. The molecule has 5 nitrogen and oxygen atoms in total. The van der Waals surface area contributed by atoms with E-state index in [4.69, 9.17) is 0 Å². The summed E-state index contributed by atoms with van der Waals surface area (Å²) < 4.78 is 64.3. The van der Waals surface area contributed by atoms with E-state index in [1.54, 1.807) is 0 Å². The first-order chi connectivity index (χ1) is 8.20. The Morgan fingerprint density at radius 3 is 2.50 bits per heavy atom. The number of sulfonamides is 1. The predicted molar refractivity (Wildman–Crippen MR) is 55.3 cm³/mol. The van der Waals surface area contributed by atoms with Crippen LogP contribution < -0.4 is 9.46 Å². The first-order valence-corrected chi connectivity index (χ1v) is 6.35. The van der Waals surface area contributed by atoms with Crippen LogP contribution in [0.1, 0.15) is 10.4 Å². The van der Waals surface area contributed by atoms with Gasteiger partial charge in [-0.05, 0) is 12.1 Å². The van der Waals surface area contributed by atoms with Gasteiger partial charge in [-0.25, -0.2) is 17.5 Å². The lowest BCUT2D eigenvalue weighted by Gasteiger charge is -2.08. The van der Waals surface area contributed by atoms with Crippen molar-refractivity contribution in [2.24, 2.45) is 0 Å². The van der Waals surface area contributed by atoms with Crippen molar-refractivity contribution in [1.29, 1.82) is 0 Å². The molecule has 0 bridgehead atoms. The van der Waals surface area contributed by atoms with E-state index in [1.807, 2.05) is 0 Å². The van der Waals surface area contributed by atoms with Gasteiger partial charge in [0, 0.05) is 0 Å². The van der Waals surface area contributed by atoms with Crippen molar-refractivity contribution >= 4 is 15.9 Å². The second-order valence-corrected chi connectivity index (χ2v) is 4.95. The molecule has 0 unspecified atom stereocenters. The van der Waals surface area contributed by atoms with Crippen molar-refractivity contribution in [3.63, 3.8) is 0 Å². The van der Waals surface area contributed by atoms with E-state index in [1.165, 1.54) is 4.72 Å². The van der Waals surface area contributed by atoms with Crippen LogP contribution in [0, 0.1) is 5.82 Å². The molecule has 0 heterocycles. The molecule has 0 radical (unpaired) electrons. The standard InChI is InChI=1S/C9H8F3NO4S/c1-18(15,16)13-8(14)5-3-2-4-6(7(5)10)17-9(11)12/h2-4,9H,1H3,(H,13,14). The van der Waals surface area contributed by atoms with Gasteiger partial charge in [-0.2, -0.15) is 8.78 Å². The summed E-state index contributed by atoms with van der Waals surface area (Å²) in [6.45, 7) is -3.26. The number of amides is 1. The summed E-state index contributed by atoms with van der Waals surface area (Å²) in [4.78, 5) is 11.3. The number of carbonyl (C=O) groups is 1. The molecule has 1 N–H and O–H groups in total. The molecule has 0 aromatic heterocycles. The Kier molecular flexibility index (Phi) is 4.17. The van der Waals surface area contributed by atoms with E-state index >= 15 is 0 Å². The fourth-order valence-electron chi connectivity index (χ4n) is 1.10. The Morgan fingerprint density at radius 2 is 2.00 bits per heavy atom. The third kappa shape index (κ3) is 3.91. The highest BCUT2D eigenvalue weighted by atomic mass is 32.2. The lowest BCUT2D eigenvalue weighted by Crippen LogP contribution is -2.30. The number of carbonyl (C=O) groups excluding carboxylic acids is 1. The van der Waals surface area contributed by atoms with Crippen molar-refractivity contribution in [1.82, 2.24) is 4.72 Å². The average Bonchev–Trinajstić information content (AvgIpc) is 2.17. The van der Waals surface area contributed by atoms with Gasteiger partial charge in [0.15, 0.2) is 11.6 Å². The molecule has 0 aliphatic heterocycles. The summed E-state index contributed by atoms with van der Waals surface area (Å²) in [5, 5.41) is 0. The van der Waals surface area contributed by atoms with Crippen LogP contribution in [0.4, 0.5) is 13.2 Å². The Morgan fingerprint density at radius 1 is 1.39 bits per heavy atom. The van der Waals surface area contributed by atoms with Gasteiger partial charge in [-0.15, -0.1) is 0 Å². The second-order valence-electron chi connectivity index (χ2n) is 3.20. The zero-order valence-corrected chi connectivity index (χ0v) is 9.80. The largest absolute Gasteiger partial charge is 0.432 e. The van der Waals surface area contributed by atoms with Crippen LogP contribution in [0.25, 0.3) is 0 Å². The van der Waals surface area contributed by atoms with Crippen molar-refractivity contribution in [2.45, 2.75) is 6.61 Å². The molecule has 0 saturated carbocycles. The number of alkyl halides is 2. The first-order valence-electron chi connectivity index (χ1n) is 4.46. The number of hydrogen-bond donors (Lipinski definition) is 1. The Bertz CT molecular complexity index is 559. The SMILES string of the molecule is CS(=O)(=O)NC(=O)c1cccc(OC(F)F)c1F. The van der Waals surface area contributed by atoms with E-state index in [9.17, 15) is 26.4 Å². The summed E-state index contributed by atoms with van der Waals surface area (Å²) in [5.74, 6) is -3.47. The third-order valence-corrected chi connectivity index (χ3v) is 2.26. The predicted octanol–water partition coefficient (Wildman–Crippen LogP) is 1.12. The molecule has 0 atom stereocenters. The van der Waals surface area contributed by atoms with Crippen LogP contribution in [-0.2, 0) is 10.0 Å². The molecule has 0 aliphatic carbocycles. The molecule has 1 rings (SSSR count). The first kappa shape index (κ1) is 14.3. The van der Waals surface area contributed by atoms with Gasteiger partial charge in [-0.1, -0.05) is 6.07 Å². The third-order valence-electron chi connectivity index (χ3n) is 1.70. The molecule has 0 aliphatic rings. The zero-order chi connectivity index (χ0) is 13.9. The minimum absolute atomic E-state index is 0.697. The molecule has 18 heavy (non-hydrogen) atoms. The second kappa shape index (κ2) is 5.25. The summed E-state index contributed by atoms with van der Waals surface area (Å²) in [5.41, 5.74) is -0.710. The van der Waals surface area contributed by atoms with Crippen LogP contribution >= 0.6 is 0 Å². The smallest absolute Gasteiger partial charge is 0.387 e. The van der Waals surface area contributed by atoms with E-state index in [0.29, 0.717) is 6.26 Å². The highest BCUT2D eigenvalue weighted by Gasteiger charge is 2.20. The minimum Gasteiger partial charge on any atom is -0.432 e. The summed E-state index contributed by atoms with van der Waals surface area (Å²) in [6.07, 6.45) is 0.697. The van der Waals surface area contributed by atoms with E-state index in [2.05, 4.69) is 4.74 Å². The van der Waals surface area contributed by atoms with Gasteiger partial charge in [0.1, 0.15) is 0 Å². The summed E-state index contributed by atoms with van der Waals surface area (Å²) in [6, 6.07) is 2.91. The number of nitrogens with one attached hydrogen (secondary N) is 1. The number of ether oxygens (including phenoxy) is 1. The highest BCUT2D eigenvalue weighted by molar-refractivity contribution is 7.89. The van der Waals surface area contributed by atoms with Gasteiger partial charge in [0.05, 0.1) is 11.8 Å². The number of benzene rings is 1. The maximum atomic E-state index is 13.5. The molecule has 0 saturated heterocycles. The monoisotopic (exact) mass is 283 g/mol. The van der Waals surface area contributed by atoms with Crippen LogP contribution in [0.3, 0.4) is 0 Å². The van der Waals surface area contributed by atoms with E-state index in [0.717, 1.165) is 18.2 Å². The fraction of sp³-hybridized carbons (Fsp3) is 0.222. The molecule has 9 heteroatoms. The number of rotatable bonds is 4. The van der Waals surface area contributed by atoms with E-state index in [-0.39, 0.29) is 0 Å². The maximum absolute atomic E-state index is 13.5. The van der Waals surface area contributed by atoms with Gasteiger partial charge >= 0.3 is 6.61 Å². The topological polar surface area (TPSA) is 72.5 Å². The molecule has 1 aromatic rings. The summed E-state index contributed by atoms with van der Waals surface area (Å²) in [7, 11) is -3.88. The summed E-state index contributed by atoms with van der Waals surface area (Å²) >= 11 is 0. The van der Waals surface area contributed by atoms with Crippen LogP contribution in [0.5, 0.6) is 5.75 Å². The normalized spacial score (nSPS) is 11.4. The molecule has 100 valence electrons. The van der Waals surface area contributed by atoms with Crippen LogP contribution in [0.2, 0.25) is 0 Å². The molecule has 1 amide bonds. The molecular weight excluding hydrogens is 275 g/mol. The molecule has 0 fully saturated rings. The maximum Gasteiger partial charge on any atom is 0.387 e. The number of halogens is 3. The van der Waals surface area contributed by atoms with E-state index < -0.39 is 39.7 Å². The molecule has 1 aromatic carbocycles. The Labute approximate surface area is 101 Å². The molecule has 0 spiro atoms. The van der Waals surface area contributed by atoms with Gasteiger partial charge in [0.25, 0.3) is 5.91 Å². The quantitative estimate of drug-likeness (QED) is 0.898. The molecular formula is C9H8F3NO4S. The van der Waals surface area contributed by atoms with Gasteiger partial charge in [0.2, 0.25) is 10.0 Å². The van der Waals surface area contributed by atoms with Crippen molar-refractivity contribution in [3.8, 4) is 5.75 Å². The van der Waals surface area contributed by atoms with Gasteiger partial charge in [-0.3, -0.25) is 4.79 Å². The number of hydrogen-bond acceptors (Lipinski definition) is 4. The Hall–Kier alpha value is -1.77. The zero-order valence-electron chi connectivity index (χ0n) is 8.98. The highest BCUT2D eigenvalue weighted by Crippen LogP contribution is 2.22. The van der Waals surface area contributed by atoms with Crippen molar-refractivity contribution in [3.05, 3.63) is 29.6 Å². The van der Waals surface area contributed by atoms with Crippen LogP contribution in [0.15, 0.2) is 18.2 Å². The Balaban J connectivity index is 3.07.